The largest absolute Gasteiger partial charge is 0.465 e. The summed E-state index contributed by atoms with van der Waals surface area (Å²) in [4.78, 5) is 14.3. The van der Waals surface area contributed by atoms with E-state index < -0.39 is 6.09 Å². The second-order valence-electron chi connectivity index (χ2n) is 5.87. The highest BCUT2D eigenvalue weighted by Gasteiger charge is 1.96. The zero-order chi connectivity index (χ0) is 15.9. The SMILES string of the molecule is O=C(O)NCCCCCCCCCCCCc1ccncc1. The third-order valence-electron chi connectivity index (χ3n) is 3.92. The van der Waals surface area contributed by atoms with E-state index in [-0.39, 0.29) is 0 Å². The van der Waals surface area contributed by atoms with Crippen LogP contribution in [0.1, 0.15) is 69.8 Å². The molecular formula is C18H30N2O2. The Morgan fingerprint density at radius 1 is 0.864 bits per heavy atom. The molecule has 0 aromatic carbocycles. The third-order valence-corrected chi connectivity index (χ3v) is 3.92. The van der Waals surface area contributed by atoms with Gasteiger partial charge in [-0.05, 0) is 37.0 Å². The van der Waals surface area contributed by atoms with Gasteiger partial charge in [0.15, 0.2) is 0 Å². The van der Waals surface area contributed by atoms with Crippen molar-refractivity contribution < 1.29 is 9.90 Å². The first-order valence-electron chi connectivity index (χ1n) is 8.65. The van der Waals surface area contributed by atoms with Crippen LogP contribution < -0.4 is 5.32 Å². The number of carbonyl (C=O) groups is 1. The van der Waals surface area contributed by atoms with Gasteiger partial charge in [-0.3, -0.25) is 4.98 Å². The van der Waals surface area contributed by atoms with Crippen molar-refractivity contribution >= 4 is 6.09 Å². The van der Waals surface area contributed by atoms with E-state index in [2.05, 4.69) is 22.4 Å². The van der Waals surface area contributed by atoms with Crippen LogP contribution in [0.25, 0.3) is 0 Å². The number of aromatic nitrogens is 1. The van der Waals surface area contributed by atoms with Gasteiger partial charge in [0.05, 0.1) is 0 Å². The minimum absolute atomic E-state index is 0.590. The number of nitrogens with zero attached hydrogens (tertiary/aromatic N) is 1. The fourth-order valence-electron chi connectivity index (χ4n) is 2.61. The first-order valence-corrected chi connectivity index (χ1v) is 8.65. The fourth-order valence-corrected chi connectivity index (χ4v) is 2.61. The van der Waals surface area contributed by atoms with Crippen LogP contribution in [0.4, 0.5) is 4.79 Å². The maximum Gasteiger partial charge on any atom is 0.404 e. The van der Waals surface area contributed by atoms with Gasteiger partial charge in [0.25, 0.3) is 0 Å². The molecule has 2 N–H and O–H groups in total. The molecule has 1 rings (SSSR count). The number of aryl methyl sites for hydroxylation is 1. The predicted molar refractivity (Wildman–Crippen MR) is 90.1 cm³/mol. The highest BCUT2D eigenvalue weighted by Crippen LogP contribution is 2.12. The van der Waals surface area contributed by atoms with Gasteiger partial charge < -0.3 is 10.4 Å². The van der Waals surface area contributed by atoms with E-state index in [0.717, 1.165) is 12.8 Å². The van der Waals surface area contributed by atoms with E-state index in [0.29, 0.717) is 6.54 Å². The number of unbranched alkanes of at least 4 members (excludes halogenated alkanes) is 9. The van der Waals surface area contributed by atoms with Gasteiger partial charge in [0.2, 0.25) is 0 Å². The molecule has 0 bridgehead atoms. The van der Waals surface area contributed by atoms with Crippen LogP contribution in [0.3, 0.4) is 0 Å². The molecule has 0 atom stereocenters. The third kappa shape index (κ3) is 11.1. The molecule has 0 saturated carbocycles. The van der Waals surface area contributed by atoms with Crippen molar-refractivity contribution in [2.45, 2.75) is 70.6 Å². The molecule has 124 valence electrons. The van der Waals surface area contributed by atoms with Crippen molar-refractivity contribution in [3.8, 4) is 0 Å². The Kier molecular flexibility index (Phi) is 11.0. The minimum Gasteiger partial charge on any atom is -0.465 e. The van der Waals surface area contributed by atoms with Crippen LogP contribution in [-0.2, 0) is 6.42 Å². The van der Waals surface area contributed by atoms with E-state index in [1.165, 1.54) is 63.4 Å². The zero-order valence-electron chi connectivity index (χ0n) is 13.6. The second-order valence-corrected chi connectivity index (χ2v) is 5.87. The lowest BCUT2D eigenvalue weighted by molar-refractivity contribution is 0.194. The summed E-state index contributed by atoms with van der Waals surface area (Å²) < 4.78 is 0. The van der Waals surface area contributed by atoms with Crippen LogP contribution in [-0.4, -0.2) is 22.7 Å². The monoisotopic (exact) mass is 306 g/mol. The van der Waals surface area contributed by atoms with Gasteiger partial charge >= 0.3 is 6.09 Å². The molecule has 0 saturated heterocycles. The number of hydrogen-bond acceptors (Lipinski definition) is 2. The number of amides is 1. The molecule has 22 heavy (non-hydrogen) atoms. The van der Waals surface area contributed by atoms with Crippen molar-refractivity contribution in [2.75, 3.05) is 6.54 Å². The number of pyridine rings is 1. The number of nitrogens with one attached hydrogen (secondary N) is 1. The maximum atomic E-state index is 10.2. The first kappa shape index (κ1) is 18.5. The van der Waals surface area contributed by atoms with E-state index in [9.17, 15) is 4.79 Å². The van der Waals surface area contributed by atoms with Gasteiger partial charge in [-0.25, -0.2) is 4.79 Å². The highest BCUT2D eigenvalue weighted by atomic mass is 16.4. The van der Waals surface area contributed by atoms with E-state index in [4.69, 9.17) is 5.11 Å². The van der Waals surface area contributed by atoms with Crippen LogP contribution in [0.2, 0.25) is 0 Å². The quantitative estimate of drug-likeness (QED) is 0.515. The molecule has 0 aliphatic carbocycles. The molecule has 0 radical (unpaired) electrons. The van der Waals surface area contributed by atoms with Gasteiger partial charge in [-0.15, -0.1) is 0 Å². The number of hydrogen-bond donors (Lipinski definition) is 2. The lowest BCUT2D eigenvalue weighted by Gasteiger charge is -2.03. The van der Waals surface area contributed by atoms with Gasteiger partial charge in [0.1, 0.15) is 0 Å². The Labute approximate surface area is 134 Å². The van der Waals surface area contributed by atoms with E-state index >= 15 is 0 Å². The van der Waals surface area contributed by atoms with Crippen molar-refractivity contribution in [3.05, 3.63) is 30.1 Å². The molecule has 4 heteroatoms. The van der Waals surface area contributed by atoms with Crippen molar-refractivity contribution in [1.82, 2.24) is 10.3 Å². The number of rotatable bonds is 13. The summed E-state index contributed by atoms with van der Waals surface area (Å²) in [5.41, 5.74) is 1.40. The average molecular weight is 306 g/mol. The molecule has 0 aliphatic rings. The summed E-state index contributed by atoms with van der Waals surface area (Å²) in [5, 5.41) is 10.8. The molecule has 1 heterocycles. The normalized spacial score (nSPS) is 10.5. The van der Waals surface area contributed by atoms with Crippen LogP contribution in [0.5, 0.6) is 0 Å². The molecule has 0 unspecified atom stereocenters. The Balaban J connectivity index is 1.76. The van der Waals surface area contributed by atoms with Crippen molar-refractivity contribution in [3.63, 3.8) is 0 Å². The minimum atomic E-state index is -0.913. The van der Waals surface area contributed by atoms with Gasteiger partial charge in [-0.1, -0.05) is 51.4 Å². The molecule has 0 aliphatic heterocycles. The van der Waals surface area contributed by atoms with Gasteiger partial charge in [-0.2, -0.15) is 0 Å². The second kappa shape index (κ2) is 13.1. The molecule has 0 spiro atoms. The van der Waals surface area contributed by atoms with Crippen LogP contribution >= 0.6 is 0 Å². The molecular weight excluding hydrogens is 276 g/mol. The summed E-state index contributed by atoms with van der Waals surface area (Å²) >= 11 is 0. The Morgan fingerprint density at radius 2 is 1.36 bits per heavy atom. The average Bonchev–Trinajstić information content (AvgIpc) is 2.52. The van der Waals surface area contributed by atoms with Crippen LogP contribution in [0, 0.1) is 0 Å². The summed E-state index contributed by atoms with van der Waals surface area (Å²) in [7, 11) is 0. The van der Waals surface area contributed by atoms with E-state index in [1.54, 1.807) is 0 Å². The highest BCUT2D eigenvalue weighted by molar-refractivity contribution is 5.64. The summed E-state index contributed by atoms with van der Waals surface area (Å²) in [6, 6.07) is 4.21. The lowest BCUT2D eigenvalue weighted by Crippen LogP contribution is -2.21. The maximum absolute atomic E-state index is 10.2. The lowest BCUT2D eigenvalue weighted by atomic mass is 10.0. The summed E-state index contributed by atoms with van der Waals surface area (Å²) in [6.07, 6.45) is 16.5. The topological polar surface area (TPSA) is 62.2 Å². The Hall–Kier alpha value is -1.58. The predicted octanol–water partition coefficient (Wildman–Crippen LogP) is 4.79. The standard InChI is InChI=1S/C18H30N2O2/c21-18(22)20-14-10-8-6-4-2-1-3-5-7-9-11-17-12-15-19-16-13-17/h12-13,15-16,20H,1-11,14H2,(H,21,22). The van der Waals surface area contributed by atoms with Crippen molar-refractivity contribution in [1.29, 1.82) is 0 Å². The van der Waals surface area contributed by atoms with E-state index in [1.807, 2.05) is 12.4 Å². The zero-order valence-corrected chi connectivity index (χ0v) is 13.6. The molecule has 1 aromatic heterocycles. The fraction of sp³-hybridized carbons (Fsp3) is 0.667. The molecule has 4 nitrogen and oxygen atoms in total. The van der Waals surface area contributed by atoms with Crippen molar-refractivity contribution in [2.24, 2.45) is 0 Å². The Bertz CT molecular complexity index is 382. The summed E-state index contributed by atoms with van der Waals surface area (Å²) in [6.45, 7) is 0.590. The first-order chi connectivity index (χ1) is 10.8. The smallest absolute Gasteiger partial charge is 0.404 e. The molecule has 0 fully saturated rings. The summed E-state index contributed by atoms with van der Waals surface area (Å²) in [5.74, 6) is 0. The Morgan fingerprint density at radius 3 is 1.91 bits per heavy atom. The molecule has 1 amide bonds. The van der Waals surface area contributed by atoms with Crippen LogP contribution in [0.15, 0.2) is 24.5 Å². The van der Waals surface area contributed by atoms with Gasteiger partial charge in [0, 0.05) is 18.9 Å². The molecule has 1 aromatic rings. The number of carboxylic acid groups (broad SMARTS) is 1.